The molecule has 1 amide bonds. The van der Waals surface area contributed by atoms with Gasteiger partial charge >= 0.3 is 0 Å². The van der Waals surface area contributed by atoms with Crippen molar-refractivity contribution in [3.63, 3.8) is 0 Å². The molecular formula is C26H27ClN4O2S. The van der Waals surface area contributed by atoms with Crippen LogP contribution in [0.3, 0.4) is 0 Å². The average molecular weight is 495 g/mol. The van der Waals surface area contributed by atoms with Crippen molar-refractivity contribution in [1.82, 2.24) is 19.7 Å². The number of halogens is 1. The molecule has 2 aromatic carbocycles. The van der Waals surface area contributed by atoms with Crippen molar-refractivity contribution in [3.05, 3.63) is 87.8 Å². The fourth-order valence-electron chi connectivity index (χ4n) is 4.36. The minimum atomic E-state index is 0.0553. The highest BCUT2D eigenvalue weighted by molar-refractivity contribution is 7.11. The SMILES string of the molecule is C=C(c1ccc(COc2cccc(Cl)c2)cc1)N1CC(N2CCN(C(=O)c3nccs3)CC2)C1. The Morgan fingerprint density at radius 1 is 1.09 bits per heavy atom. The molecule has 5 rings (SSSR count). The number of hydrogen-bond donors (Lipinski definition) is 0. The van der Waals surface area contributed by atoms with Crippen molar-refractivity contribution in [2.75, 3.05) is 39.3 Å². The van der Waals surface area contributed by atoms with Crippen LogP contribution in [0.25, 0.3) is 5.70 Å². The smallest absolute Gasteiger partial charge is 0.282 e. The number of thiazole rings is 1. The van der Waals surface area contributed by atoms with Crippen LogP contribution in [0.5, 0.6) is 5.75 Å². The molecule has 0 unspecified atom stereocenters. The van der Waals surface area contributed by atoms with Crippen molar-refractivity contribution in [2.24, 2.45) is 0 Å². The summed E-state index contributed by atoms with van der Waals surface area (Å²) in [5, 5.41) is 3.10. The van der Waals surface area contributed by atoms with Gasteiger partial charge in [-0.05, 0) is 29.3 Å². The van der Waals surface area contributed by atoms with Gasteiger partial charge in [0.25, 0.3) is 5.91 Å². The van der Waals surface area contributed by atoms with Crippen molar-refractivity contribution in [1.29, 1.82) is 0 Å². The summed E-state index contributed by atoms with van der Waals surface area (Å²) in [5.41, 5.74) is 3.28. The zero-order valence-electron chi connectivity index (χ0n) is 18.9. The number of nitrogens with zero attached hydrogens (tertiary/aromatic N) is 4. The first-order chi connectivity index (χ1) is 16.6. The molecule has 2 saturated heterocycles. The number of aromatic nitrogens is 1. The summed E-state index contributed by atoms with van der Waals surface area (Å²) in [6.07, 6.45) is 1.69. The number of likely N-dealkylation sites (tertiary alicyclic amines) is 1. The van der Waals surface area contributed by atoms with Crippen LogP contribution in [0.2, 0.25) is 5.02 Å². The van der Waals surface area contributed by atoms with Crippen molar-refractivity contribution < 1.29 is 9.53 Å². The predicted molar refractivity (Wildman–Crippen MR) is 136 cm³/mol. The Morgan fingerprint density at radius 2 is 1.85 bits per heavy atom. The average Bonchev–Trinajstić information content (AvgIpc) is 3.37. The lowest BCUT2D eigenvalue weighted by Crippen LogP contribution is -2.62. The topological polar surface area (TPSA) is 48.9 Å². The normalized spacial score (nSPS) is 16.9. The summed E-state index contributed by atoms with van der Waals surface area (Å²) >= 11 is 7.42. The first kappa shape index (κ1) is 22.9. The molecule has 2 aliphatic heterocycles. The Morgan fingerprint density at radius 3 is 2.53 bits per heavy atom. The Kier molecular flexibility index (Phi) is 6.85. The summed E-state index contributed by atoms with van der Waals surface area (Å²) in [7, 11) is 0. The fraction of sp³-hybridized carbons (Fsp3) is 0.308. The highest BCUT2D eigenvalue weighted by Gasteiger charge is 2.35. The number of amides is 1. The van der Waals surface area contributed by atoms with Gasteiger partial charge in [0.15, 0.2) is 5.01 Å². The van der Waals surface area contributed by atoms with E-state index in [1.807, 2.05) is 34.5 Å². The van der Waals surface area contributed by atoms with Gasteiger partial charge in [0, 0.05) is 67.6 Å². The molecule has 176 valence electrons. The molecule has 8 heteroatoms. The van der Waals surface area contributed by atoms with E-state index in [2.05, 4.69) is 45.6 Å². The van der Waals surface area contributed by atoms with E-state index in [9.17, 15) is 4.79 Å². The lowest BCUT2D eigenvalue weighted by Gasteiger charge is -2.49. The second-order valence-corrected chi connectivity index (χ2v) is 9.94. The predicted octanol–water partition coefficient (Wildman–Crippen LogP) is 4.49. The van der Waals surface area contributed by atoms with Gasteiger partial charge in [-0.15, -0.1) is 11.3 Å². The van der Waals surface area contributed by atoms with Crippen molar-refractivity contribution in [2.45, 2.75) is 12.6 Å². The fourth-order valence-corrected chi connectivity index (χ4v) is 5.14. The summed E-state index contributed by atoms with van der Waals surface area (Å²) < 4.78 is 5.83. The van der Waals surface area contributed by atoms with Gasteiger partial charge in [0.1, 0.15) is 12.4 Å². The lowest BCUT2D eigenvalue weighted by molar-refractivity contribution is 0.0283. The third kappa shape index (κ3) is 5.12. The van der Waals surface area contributed by atoms with Crippen LogP contribution < -0.4 is 4.74 Å². The van der Waals surface area contributed by atoms with E-state index in [4.69, 9.17) is 16.3 Å². The Labute approximate surface area is 209 Å². The van der Waals surface area contributed by atoms with Crippen molar-refractivity contribution >= 4 is 34.5 Å². The monoisotopic (exact) mass is 494 g/mol. The maximum Gasteiger partial charge on any atom is 0.282 e. The van der Waals surface area contributed by atoms with Gasteiger partial charge < -0.3 is 14.5 Å². The molecule has 6 nitrogen and oxygen atoms in total. The highest BCUT2D eigenvalue weighted by Crippen LogP contribution is 2.27. The largest absolute Gasteiger partial charge is 0.489 e. The van der Waals surface area contributed by atoms with E-state index in [-0.39, 0.29) is 5.91 Å². The second kappa shape index (κ2) is 10.2. The van der Waals surface area contributed by atoms with Crippen LogP contribution >= 0.6 is 22.9 Å². The number of hydrogen-bond acceptors (Lipinski definition) is 6. The minimum absolute atomic E-state index is 0.0553. The number of carbonyl (C=O) groups is 1. The number of ether oxygens (including phenoxy) is 1. The number of benzene rings is 2. The van der Waals surface area contributed by atoms with E-state index in [0.29, 0.717) is 22.7 Å². The lowest BCUT2D eigenvalue weighted by atomic mass is 10.0. The number of carbonyl (C=O) groups excluding carboxylic acids is 1. The van der Waals surface area contributed by atoms with Gasteiger partial charge in [0.2, 0.25) is 0 Å². The maximum absolute atomic E-state index is 12.5. The zero-order chi connectivity index (χ0) is 23.5. The molecule has 2 aliphatic rings. The van der Waals surface area contributed by atoms with Crippen LogP contribution in [-0.2, 0) is 6.61 Å². The van der Waals surface area contributed by atoms with Gasteiger partial charge in [-0.2, -0.15) is 0 Å². The third-order valence-corrected chi connectivity index (χ3v) is 7.46. The molecule has 0 saturated carbocycles. The van der Waals surface area contributed by atoms with E-state index in [1.54, 1.807) is 6.20 Å². The number of rotatable bonds is 7. The molecule has 0 bridgehead atoms. The van der Waals surface area contributed by atoms with Gasteiger partial charge in [0.05, 0.1) is 0 Å². The molecular weight excluding hydrogens is 468 g/mol. The summed E-state index contributed by atoms with van der Waals surface area (Å²) in [6.45, 7) is 10.1. The molecule has 0 spiro atoms. The van der Waals surface area contributed by atoms with Crippen LogP contribution in [0.15, 0.2) is 66.7 Å². The zero-order valence-corrected chi connectivity index (χ0v) is 20.5. The molecule has 0 N–H and O–H groups in total. The standard InChI is InChI=1S/C26H27ClN4O2S/c1-19(21-7-5-20(6-8-21)18-33-24-4-2-3-22(27)15-24)31-16-23(17-31)29-10-12-30(13-11-29)26(32)25-28-9-14-34-25/h2-9,14-15,23H,1,10-13,16-18H2. The van der Waals surface area contributed by atoms with Crippen LogP contribution in [0.1, 0.15) is 20.9 Å². The van der Waals surface area contributed by atoms with E-state index >= 15 is 0 Å². The van der Waals surface area contributed by atoms with E-state index in [0.717, 1.165) is 61.8 Å². The maximum atomic E-state index is 12.5. The Balaban J connectivity index is 1.07. The molecule has 3 aromatic rings. The molecule has 0 aliphatic carbocycles. The van der Waals surface area contributed by atoms with E-state index in [1.165, 1.54) is 11.3 Å². The van der Waals surface area contributed by atoms with Crippen LogP contribution in [0, 0.1) is 0 Å². The van der Waals surface area contributed by atoms with E-state index < -0.39 is 0 Å². The second-order valence-electron chi connectivity index (χ2n) is 8.61. The number of piperazine rings is 1. The van der Waals surface area contributed by atoms with Gasteiger partial charge in [-0.3, -0.25) is 9.69 Å². The van der Waals surface area contributed by atoms with Crippen molar-refractivity contribution in [3.8, 4) is 5.75 Å². The highest BCUT2D eigenvalue weighted by atomic mass is 35.5. The first-order valence-corrected chi connectivity index (χ1v) is 12.7. The molecule has 1 aromatic heterocycles. The van der Waals surface area contributed by atoms with Crippen LogP contribution in [-0.4, -0.2) is 70.9 Å². The molecule has 3 heterocycles. The first-order valence-electron chi connectivity index (χ1n) is 11.4. The Hall–Kier alpha value is -2.87. The summed E-state index contributed by atoms with van der Waals surface area (Å²) in [4.78, 5) is 23.4. The quantitative estimate of drug-likeness (QED) is 0.484. The molecule has 0 radical (unpaired) electrons. The van der Waals surface area contributed by atoms with Gasteiger partial charge in [-0.25, -0.2) is 4.98 Å². The summed E-state index contributed by atoms with van der Waals surface area (Å²) in [6, 6.07) is 16.3. The molecule has 2 fully saturated rings. The third-order valence-electron chi connectivity index (χ3n) is 6.47. The van der Waals surface area contributed by atoms with Gasteiger partial charge in [-0.1, -0.05) is 48.5 Å². The molecule has 34 heavy (non-hydrogen) atoms. The Bertz CT molecular complexity index is 1140. The molecule has 0 atom stereocenters. The minimum Gasteiger partial charge on any atom is -0.489 e. The summed E-state index contributed by atoms with van der Waals surface area (Å²) in [5.74, 6) is 0.820. The van der Waals surface area contributed by atoms with Crippen LogP contribution in [0.4, 0.5) is 0 Å².